The molecule has 2 saturated heterocycles. The molecular formula is C20H31ClN2O2. The molecule has 0 saturated carbocycles. The Hall–Kier alpha value is -1.10. The van der Waals surface area contributed by atoms with Gasteiger partial charge in [-0.3, -0.25) is 4.79 Å². The molecule has 2 atom stereocenters. The van der Waals surface area contributed by atoms with Crippen molar-refractivity contribution in [1.29, 1.82) is 0 Å². The molecule has 0 bridgehead atoms. The zero-order valence-corrected chi connectivity index (χ0v) is 15.9. The number of halogens is 1. The van der Waals surface area contributed by atoms with E-state index in [1.165, 1.54) is 24.0 Å². The van der Waals surface area contributed by atoms with E-state index in [0.29, 0.717) is 12.3 Å². The van der Waals surface area contributed by atoms with Gasteiger partial charge in [-0.2, -0.15) is 0 Å². The summed E-state index contributed by atoms with van der Waals surface area (Å²) in [5.74, 6) is 0.883. The second-order valence-corrected chi connectivity index (χ2v) is 7.25. The number of piperidine rings is 1. The fraction of sp³-hybridized carbons (Fsp3) is 0.650. The van der Waals surface area contributed by atoms with Gasteiger partial charge in [0.05, 0.1) is 6.04 Å². The fourth-order valence-corrected chi connectivity index (χ4v) is 3.80. The van der Waals surface area contributed by atoms with Gasteiger partial charge >= 0.3 is 0 Å². The van der Waals surface area contributed by atoms with E-state index in [-0.39, 0.29) is 30.5 Å². The maximum atomic E-state index is 12.4. The van der Waals surface area contributed by atoms with Gasteiger partial charge in [0.15, 0.2) is 0 Å². The molecule has 2 fully saturated rings. The Labute approximate surface area is 157 Å². The SMILES string of the molecule is Cc1ccc(C2OCCCC2NC(=O)CCC2CCNCC2)cc1.Cl. The number of hydrogen-bond acceptors (Lipinski definition) is 3. The van der Waals surface area contributed by atoms with Crippen LogP contribution in [0, 0.1) is 12.8 Å². The van der Waals surface area contributed by atoms with Crippen molar-refractivity contribution < 1.29 is 9.53 Å². The zero-order chi connectivity index (χ0) is 16.8. The molecule has 1 amide bonds. The molecule has 140 valence electrons. The van der Waals surface area contributed by atoms with Crippen LogP contribution in [0.4, 0.5) is 0 Å². The smallest absolute Gasteiger partial charge is 0.220 e. The molecule has 4 nitrogen and oxygen atoms in total. The first-order chi connectivity index (χ1) is 11.7. The van der Waals surface area contributed by atoms with E-state index in [4.69, 9.17) is 4.74 Å². The Morgan fingerprint density at radius 2 is 1.92 bits per heavy atom. The minimum atomic E-state index is -0.0119. The van der Waals surface area contributed by atoms with Crippen LogP contribution < -0.4 is 10.6 Å². The lowest BCUT2D eigenvalue weighted by molar-refractivity contribution is -0.124. The van der Waals surface area contributed by atoms with E-state index in [1.807, 2.05) is 0 Å². The normalized spacial score (nSPS) is 24.4. The van der Waals surface area contributed by atoms with Crippen molar-refractivity contribution in [3.63, 3.8) is 0 Å². The van der Waals surface area contributed by atoms with Crippen molar-refractivity contribution >= 4 is 18.3 Å². The molecule has 2 heterocycles. The number of hydrogen-bond donors (Lipinski definition) is 2. The van der Waals surface area contributed by atoms with Crippen LogP contribution >= 0.6 is 12.4 Å². The number of ether oxygens (including phenoxy) is 1. The standard InChI is InChI=1S/C20H30N2O2.ClH/c1-15-4-7-17(8-5-15)20-18(3-2-14-24-20)22-19(23)9-6-16-10-12-21-13-11-16;/h4-5,7-8,16,18,20-21H,2-3,6,9-14H2,1H3,(H,22,23);1H. The van der Waals surface area contributed by atoms with E-state index < -0.39 is 0 Å². The van der Waals surface area contributed by atoms with Crippen LogP contribution in [0.25, 0.3) is 0 Å². The zero-order valence-electron chi connectivity index (χ0n) is 15.1. The molecule has 1 aromatic carbocycles. The minimum absolute atomic E-state index is 0. The van der Waals surface area contributed by atoms with E-state index in [9.17, 15) is 4.79 Å². The van der Waals surface area contributed by atoms with Gasteiger partial charge in [0.2, 0.25) is 5.91 Å². The van der Waals surface area contributed by atoms with Crippen LogP contribution in [0.1, 0.15) is 55.8 Å². The van der Waals surface area contributed by atoms with Crippen LogP contribution in [0.3, 0.4) is 0 Å². The van der Waals surface area contributed by atoms with Gasteiger partial charge in [-0.1, -0.05) is 29.8 Å². The molecule has 2 unspecified atom stereocenters. The molecule has 2 N–H and O–H groups in total. The lowest BCUT2D eigenvalue weighted by Gasteiger charge is -2.33. The van der Waals surface area contributed by atoms with Crippen molar-refractivity contribution in [1.82, 2.24) is 10.6 Å². The summed E-state index contributed by atoms with van der Waals surface area (Å²) in [6.07, 6.45) is 6.05. The molecule has 25 heavy (non-hydrogen) atoms. The van der Waals surface area contributed by atoms with Crippen LogP contribution in [-0.4, -0.2) is 31.6 Å². The molecule has 2 aliphatic heterocycles. The van der Waals surface area contributed by atoms with E-state index in [1.54, 1.807) is 0 Å². The summed E-state index contributed by atoms with van der Waals surface area (Å²) in [7, 11) is 0. The summed E-state index contributed by atoms with van der Waals surface area (Å²) in [6, 6.07) is 8.58. The van der Waals surface area contributed by atoms with Crippen LogP contribution in [0.2, 0.25) is 0 Å². The average Bonchev–Trinajstić information content (AvgIpc) is 2.62. The first-order valence-corrected chi connectivity index (χ1v) is 9.40. The molecule has 0 spiro atoms. The number of nitrogens with one attached hydrogen (secondary N) is 2. The number of rotatable bonds is 5. The molecule has 0 radical (unpaired) electrons. The van der Waals surface area contributed by atoms with E-state index in [0.717, 1.165) is 39.0 Å². The van der Waals surface area contributed by atoms with Crippen molar-refractivity contribution in [2.24, 2.45) is 5.92 Å². The van der Waals surface area contributed by atoms with E-state index >= 15 is 0 Å². The van der Waals surface area contributed by atoms with Crippen LogP contribution in [-0.2, 0) is 9.53 Å². The third-order valence-corrected chi connectivity index (χ3v) is 5.31. The highest BCUT2D eigenvalue weighted by molar-refractivity contribution is 5.85. The third kappa shape index (κ3) is 5.98. The van der Waals surface area contributed by atoms with Crippen molar-refractivity contribution in [3.8, 4) is 0 Å². The number of carbonyl (C=O) groups is 1. The number of benzene rings is 1. The molecular weight excluding hydrogens is 336 g/mol. The van der Waals surface area contributed by atoms with Gasteiger partial charge < -0.3 is 15.4 Å². The van der Waals surface area contributed by atoms with Gasteiger partial charge in [0, 0.05) is 13.0 Å². The molecule has 0 aromatic heterocycles. The monoisotopic (exact) mass is 366 g/mol. The Balaban J connectivity index is 0.00000225. The number of carbonyl (C=O) groups excluding carboxylic acids is 1. The number of aryl methyl sites for hydroxylation is 1. The van der Waals surface area contributed by atoms with Gasteiger partial charge in [-0.15, -0.1) is 12.4 Å². The lowest BCUT2D eigenvalue weighted by atomic mass is 9.92. The van der Waals surface area contributed by atoms with Gasteiger partial charge in [0.25, 0.3) is 0 Å². The first-order valence-electron chi connectivity index (χ1n) is 9.40. The summed E-state index contributed by atoms with van der Waals surface area (Å²) in [6.45, 7) is 5.06. The van der Waals surface area contributed by atoms with Gasteiger partial charge in [-0.05, 0) is 63.6 Å². The molecule has 5 heteroatoms. The maximum Gasteiger partial charge on any atom is 0.220 e. The predicted octanol–water partition coefficient (Wildman–Crippen LogP) is 3.53. The molecule has 0 aliphatic carbocycles. The number of amides is 1. The summed E-state index contributed by atoms with van der Waals surface area (Å²) in [5.41, 5.74) is 2.42. The Kier molecular flexibility index (Phi) is 8.20. The highest BCUT2D eigenvalue weighted by atomic mass is 35.5. The first kappa shape index (κ1) is 20.2. The highest BCUT2D eigenvalue weighted by Gasteiger charge is 2.28. The summed E-state index contributed by atoms with van der Waals surface area (Å²) >= 11 is 0. The maximum absolute atomic E-state index is 12.4. The molecule has 2 aliphatic rings. The Morgan fingerprint density at radius 1 is 1.20 bits per heavy atom. The third-order valence-electron chi connectivity index (χ3n) is 5.31. The van der Waals surface area contributed by atoms with Crippen LogP contribution in [0.5, 0.6) is 0 Å². The van der Waals surface area contributed by atoms with Crippen molar-refractivity contribution in [3.05, 3.63) is 35.4 Å². The van der Waals surface area contributed by atoms with Crippen LogP contribution in [0.15, 0.2) is 24.3 Å². The summed E-state index contributed by atoms with van der Waals surface area (Å²) in [5, 5.41) is 6.62. The summed E-state index contributed by atoms with van der Waals surface area (Å²) < 4.78 is 5.99. The predicted molar refractivity (Wildman–Crippen MR) is 103 cm³/mol. The average molecular weight is 367 g/mol. The topological polar surface area (TPSA) is 50.4 Å². The lowest BCUT2D eigenvalue weighted by Crippen LogP contribution is -2.43. The Morgan fingerprint density at radius 3 is 2.64 bits per heavy atom. The minimum Gasteiger partial charge on any atom is -0.371 e. The fourth-order valence-electron chi connectivity index (χ4n) is 3.80. The van der Waals surface area contributed by atoms with Gasteiger partial charge in [0.1, 0.15) is 6.10 Å². The molecule has 3 rings (SSSR count). The van der Waals surface area contributed by atoms with E-state index in [2.05, 4.69) is 41.8 Å². The van der Waals surface area contributed by atoms with Gasteiger partial charge in [-0.25, -0.2) is 0 Å². The second kappa shape index (κ2) is 10.1. The second-order valence-electron chi connectivity index (χ2n) is 7.25. The van der Waals surface area contributed by atoms with Crippen molar-refractivity contribution in [2.45, 2.75) is 57.6 Å². The van der Waals surface area contributed by atoms with Crippen molar-refractivity contribution in [2.75, 3.05) is 19.7 Å². The largest absolute Gasteiger partial charge is 0.371 e. The quantitative estimate of drug-likeness (QED) is 0.838. The molecule has 1 aromatic rings. The summed E-state index contributed by atoms with van der Waals surface area (Å²) in [4.78, 5) is 12.4. The highest BCUT2D eigenvalue weighted by Crippen LogP contribution is 2.29. The Bertz CT molecular complexity index is 529.